The van der Waals surface area contributed by atoms with Crippen LogP contribution < -0.4 is 15.4 Å². The smallest absolute Gasteiger partial charge is 0.319 e. The van der Waals surface area contributed by atoms with Crippen LogP contribution in [-0.4, -0.2) is 11.0 Å². The third kappa shape index (κ3) is 5.81. The van der Waals surface area contributed by atoms with Crippen molar-refractivity contribution in [2.75, 3.05) is 5.32 Å². The van der Waals surface area contributed by atoms with Crippen LogP contribution in [0, 0.1) is 11.3 Å². The molecule has 0 aliphatic heterocycles. The molecule has 1 unspecified atom stereocenters. The SMILES string of the molecule is CC(NC(=O)Nc1ccccc1COc1ccc(CC#N)cc1)c1ccncc1. The van der Waals surface area contributed by atoms with E-state index in [-0.39, 0.29) is 12.1 Å². The van der Waals surface area contributed by atoms with Crippen molar-refractivity contribution in [1.82, 2.24) is 10.3 Å². The van der Waals surface area contributed by atoms with Gasteiger partial charge in [0.25, 0.3) is 0 Å². The molecule has 3 rings (SSSR count). The molecule has 1 heterocycles. The van der Waals surface area contributed by atoms with Crippen molar-refractivity contribution in [2.45, 2.75) is 26.0 Å². The second-order valence-electron chi connectivity index (χ2n) is 6.53. The number of nitrogens with one attached hydrogen (secondary N) is 2. The van der Waals surface area contributed by atoms with Crippen molar-refractivity contribution in [3.8, 4) is 11.8 Å². The second kappa shape index (κ2) is 9.90. The molecule has 146 valence electrons. The zero-order chi connectivity index (χ0) is 20.5. The fraction of sp³-hybridized carbons (Fsp3) is 0.174. The number of ether oxygens (including phenoxy) is 1. The quantitative estimate of drug-likeness (QED) is 0.621. The minimum atomic E-state index is -0.289. The molecule has 0 aliphatic rings. The number of carbonyl (C=O) groups excluding carboxylic acids is 1. The first kappa shape index (κ1) is 19.9. The lowest BCUT2D eigenvalue weighted by Gasteiger charge is -2.16. The number of carbonyl (C=O) groups is 1. The topological polar surface area (TPSA) is 87.0 Å². The van der Waals surface area contributed by atoms with Gasteiger partial charge in [0, 0.05) is 23.6 Å². The molecule has 0 aliphatic carbocycles. The van der Waals surface area contributed by atoms with Gasteiger partial charge in [0.2, 0.25) is 0 Å². The van der Waals surface area contributed by atoms with Gasteiger partial charge in [-0.05, 0) is 48.4 Å². The Labute approximate surface area is 170 Å². The zero-order valence-corrected chi connectivity index (χ0v) is 16.1. The van der Waals surface area contributed by atoms with Gasteiger partial charge in [0.1, 0.15) is 12.4 Å². The van der Waals surface area contributed by atoms with Crippen molar-refractivity contribution in [2.24, 2.45) is 0 Å². The van der Waals surface area contributed by atoms with E-state index in [1.165, 1.54) is 0 Å². The van der Waals surface area contributed by atoms with Crippen LogP contribution in [0.5, 0.6) is 5.75 Å². The van der Waals surface area contributed by atoms with Crippen LogP contribution in [0.1, 0.15) is 29.7 Å². The summed E-state index contributed by atoms with van der Waals surface area (Å²) in [4.78, 5) is 16.4. The summed E-state index contributed by atoms with van der Waals surface area (Å²) in [5, 5.41) is 14.5. The highest BCUT2D eigenvalue weighted by Crippen LogP contribution is 2.20. The molecule has 3 aromatic rings. The van der Waals surface area contributed by atoms with Crippen LogP contribution >= 0.6 is 0 Å². The zero-order valence-electron chi connectivity index (χ0n) is 16.1. The van der Waals surface area contributed by atoms with E-state index in [9.17, 15) is 4.79 Å². The Morgan fingerprint density at radius 3 is 2.55 bits per heavy atom. The summed E-state index contributed by atoms with van der Waals surface area (Å²) in [5.41, 5.74) is 3.47. The fourth-order valence-electron chi connectivity index (χ4n) is 2.81. The normalized spacial score (nSPS) is 11.2. The van der Waals surface area contributed by atoms with Crippen LogP contribution in [-0.2, 0) is 13.0 Å². The number of hydrogen-bond donors (Lipinski definition) is 2. The summed E-state index contributed by atoms with van der Waals surface area (Å²) in [6, 6.07) is 20.4. The standard InChI is InChI=1S/C23H22N4O2/c1-17(19-11-14-25-15-12-19)26-23(28)27-22-5-3-2-4-20(22)16-29-21-8-6-18(7-9-21)10-13-24/h2-9,11-12,14-15,17H,10,16H2,1H3,(H2,26,27,28). The number of pyridine rings is 1. The van der Waals surface area contributed by atoms with E-state index in [0.29, 0.717) is 24.5 Å². The maximum atomic E-state index is 12.4. The van der Waals surface area contributed by atoms with Crippen molar-refractivity contribution in [3.05, 3.63) is 89.7 Å². The van der Waals surface area contributed by atoms with Crippen LogP contribution in [0.25, 0.3) is 0 Å². The molecule has 0 fully saturated rings. The number of nitriles is 1. The monoisotopic (exact) mass is 386 g/mol. The van der Waals surface area contributed by atoms with Gasteiger partial charge in [-0.2, -0.15) is 5.26 Å². The number of para-hydroxylation sites is 1. The predicted octanol–water partition coefficient (Wildman–Crippen LogP) is 4.61. The van der Waals surface area contributed by atoms with E-state index in [1.807, 2.05) is 67.6 Å². The van der Waals surface area contributed by atoms with Gasteiger partial charge in [-0.3, -0.25) is 4.98 Å². The molecule has 1 atom stereocenters. The highest BCUT2D eigenvalue weighted by atomic mass is 16.5. The summed E-state index contributed by atoms with van der Waals surface area (Å²) in [7, 11) is 0. The average Bonchev–Trinajstić information content (AvgIpc) is 2.75. The Hall–Kier alpha value is -3.85. The molecule has 0 saturated carbocycles. The van der Waals surface area contributed by atoms with Crippen LogP contribution in [0.15, 0.2) is 73.1 Å². The third-order valence-electron chi connectivity index (χ3n) is 4.42. The highest BCUT2D eigenvalue weighted by Gasteiger charge is 2.11. The largest absolute Gasteiger partial charge is 0.489 e. The maximum Gasteiger partial charge on any atom is 0.319 e. The first-order valence-electron chi connectivity index (χ1n) is 9.30. The van der Waals surface area contributed by atoms with E-state index >= 15 is 0 Å². The Balaban J connectivity index is 1.59. The van der Waals surface area contributed by atoms with E-state index in [4.69, 9.17) is 10.00 Å². The third-order valence-corrected chi connectivity index (χ3v) is 4.42. The Morgan fingerprint density at radius 2 is 1.83 bits per heavy atom. The molecule has 29 heavy (non-hydrogen) atoms. The van der Waals surface area contributed by atoms with Crippen molar-refractivity contribution < 1.29 is 9.53 Å². The van der Waals surface area contributed by atoms with E-state index < -0.39 is 0 Å². The number of rotatable bonds is 7. The number of hydrogen-bond acceptors (Lipinski definition) is 4. The van der Waals surface area contributed by atoms with Gasteiger partial charge in [0.15, 0.2) is 0 Å². The Morgan fingerprint density at radius 1 is 1.10 bits per heavy atom. The molecule has 0 spiro atoms. The minimum Gasteiger partial charge on any atom is -0.489 e. The van der Waals surface area contributed by atoms with E-state index in [2.05, 4.69) is 21.7 Å². The molecule has 1 aromatic heterocycles. The maximum absolute atomic E-state index is 12.4. The summed E-state index contributed by atoms with van der Waals surface area (Å²) < 4.78 is 5.84. The van der Waals surface area contributed by atoms with Crippen molar-refractivity contribution in [3.63, 3.8) is 0 Å². The summed E-state index contributed by atoms with van der Waals surface area (Å²) in [6.07, 6.45) is 3.77. The number of urea groups is 1. The first-order valence-corrected chi connectivity index (χ1v) is 9.30. The summed E-state index contributed by atoms with van der Waals surface area (Å²) >= 11 is 0. The molecule has 2 N–H and O–H groups in total. The second-order valence-corrected chi connectivity index (χ2v) is 6.53. The molecule has 6 heteroatoms. The first-order chi connectivity index (χ1) is 14.2. The van der Waals surface area contributed by atoms with Gasteiger partial charge >= 0.3 is 6.03 Å². The molecular weight excluding hydrogens is 364 g/mol. The highest BCUT2D eigenvalue weighted by molar-refractivity contribution is 5.90. The summed E-state index contributed by atoms with van der Waals surface area (Å²) in [6.45, 7) is 2.23. The molecule has 2 amide bonds. The van der Waals surface area contributed by atoms with E-state index in [0.717, 1.165) is 16.7 Å². The van der Waals surface area contributed by atoms with Crippen molar-refractivity contribution in [1.29, 1.82) is 5.26 Å². The molecular formula is C23H22N4O2. The molecule has 0 bridgehead atoms. The van der Waals surface area contributed by atoms with Gasteiger partial charge in [-0.1, -0.05) is 30.3 Å². The molecule has 0 saturated heterocycles. The lowest BCUT2D eigenvalue weighted by molar-refractivity contribution is 0.249. The fourth-order valence-corrected chi connectivity index (χ4v) is 2.81. The van der Waals surface area contributed by atoms with Gasteiger partial charge in [-0.25, -0.2) is 4.79 Å². The number of nitrogens with zero attached hydrogens (tertiary/aromatic N) is 2. The van der Waals surface area contributed by atoms with Crippen LogP contribution in [0.4, 0.5) is 10.5 Å². The molecule has 2 aromatic carbocycles. The number of aromatic nitrogens is 1. The Kier molecular flexibility index (Phi) is 6.80. The lowest BCUT2D eigenvalue weighted by atomic mass is 10.1. The number of amides is 2. The average molecular weight is 386 g/mol. The van der Waals surface area contributed by atoms with E-state index in [1.54, 1.807) is 12.4 Å². The van der Waals surface area contributed by atoms with Gasteiger partial charge in [-0.15, -0.1) is 0 Å². The minimum absolute atomic E-state index is 0.145. The number of anilines is 1. The molecule has 0 radical (unpaired) electrons. The number of benzene rings is 2. The van der Waals surface area contributed by atoms with Crippen molar-refractivity contribution >= 4 is 11.7 Å². The lowest BCUT2D eigenvalue weighted by Crippen LogP contribution is -2.31. The summed E-state index contributed by atoms with van der Waals surface area (Å²) in [5.74, 6) is 0.706. The van der Waals surface area contributed by atoms with Crippen LogP contribution in [0.2, 0.25) is 0 Å². The van der Waals surface area contributed by atoms with Gasteiger partial charge in [0.05, 0.1) is 18.5 Å². The van der Waals surface area contributed by atoms with Crippen LogP contribution in [0.3, 0.4) is 0 Å². The van der Waals surface area contributed by atoms with Gasteiger partial charge < -0.3 is 15.4 Å². The molecule has 6 nitrogen and oxygen atoms in total. The predicted molar refractivity (Wildman–Crippen MR) is 111 cm³/mol. The Bertz CT molecular complexity index is 982.